The predicted molar refractivity (Wildman–Crippen MR) is 165 cm³/mol. The van der Waals surface area contributed by atoms with Gasteiger partial charge in [-0.15, -0.1) is 0 Å². The van der Waals surface area contributed by atoms with Crippen molar-refractivity contribution in [1.82, 2.24) is 10.2 Å². The van der Waals surface area contributed by atoms with Crippen molar-refractivity contribution in [3.8, 4) is 5.75 Å². The minimum atomic E-state index is -4.19. The Morgan fingerprint density at radius 3 is 2.19 bits per heavy atom. The molecule has 10 heteroatoms. The first kappa shape index (κ1) is 32.0. The second-order valence-electron chi connectivity index (χ2n) is 10.9. The van der Waals surface area contributed by atoms with Crippen LogP contribution in [0.15, 0.2) is 77.7 Å². The van der Waals surface area contributed by atoms with Gasteiger partial charge in [0.05, 0.1) is 17.2 Å². The Kier molecular flexibility index (Phi) is 10.8. The summed E-state index contributed by atoms with van der Waals surface area (Å²) in [6, 6.07) is 17.7. The standard InChI is InChI=1S/C33H40FN3O5S/c1-4-42-30-18-20-31(21-19-30)43(40,41)37(29-16-10-24(2)11-17-29)23-32(38)36(22-26-12-14-27(34)15-13-26)25(3)33(39)35-28-8-6-5-7-9-28/h10-21,25,28H,4-9,22-23H2,1-3H3,(H,35,39). The van der Waals surface area contributed by atoms with Crippen molar-refractivity contribution in [2.75, 3.05) is 17.5 Å². The SMILES string of the molecule is CCOc1ccc(S(=O)(=O)N(CC(=O)N(Cc2ccc(F)cc2)C(C)C(=O)NC2CCCCC2)c2ccc(C)cc2)cc1. The van der Waals surface area contributed by atoms with E-state index in [2.05, 4.69) is 5.32 Å². The lowest BCUT2D eigenvalue weighted by Gasteiger charge is -2.33. The Hall–Kier alpha value is -3.92. The van der Waals surface area contributed by atoms with E-state index in [-0.39, 0.29) is 23.4 Å². The number of sulfonamides is 1. The number of carbonyl (C=O) groups excluding carboxylic acids is 2. The van der Waals surface area contributed by atoms with Gasteiger partial charge in [0.15, 0.2) is 0 Å². The van der Waals surface area contributed by atoms with E-state index in [1.807, 2.05) is 13.8 Å². The number of aryl methyl sites for hydroxylation is 1. The average molecular weight is 610 g/mol. The number of hydrogen-bond donors (Lipinski definition) is 1. The molecular weight excluding hydrogens is 569 g/mol. The average Bonchev–Trinajstić information content (AvgIpc) is 3.00. The van der Waals surface area contributed by atoms with E-state index in [9.17, 15) is 22.4 Å². The fourth-order valence-corrected chi connectivity index (χ4v) is 6.59. The van der Waals surface area contributed by atoms with E-state index >= 15 is 0 Å². The predicted octanol–water partition coefficient (Wildman–Crippen LogP) is 5.59. The minimum absolute atomic E-state index is 0.00231. The number of benzene rings is 3. The van der Waals surface area contributed by atoms with Crippen LogP contribution in [0.25, 0.3) is 0 Å². The van der Waals surface area contributed by atoms with Crippen molar-refractivity contribution < 1.29 is 27.1 Å². The van der Waals surface area contributed by atoms with Crippen molar-refractivity contribution in [3.05, 3.63) is 89.7 Å². The van der Waals surface area contributed by atoms with Gasteiger partial charge in [-0.05, 0) is 87.7 Å². The quantitative estimate of drug-likeness (QED) is 0.289. The molecule has 230 valence electrons. The zero-order chi connectivity index (χ0) is 31.0. The van der Waals surface area contributed by atoms with Crippen molar-refractivity contribution in [1.29, 1.82) is 0 Å². The highest BCUT2D eigenvalue weighted by Crippen LogP contribution is 2.27. The van der Waals surface area contributed by atoms with Gasteiger partial charge in [0.1, 0.15) is 24.2 Å². The van der Waals surface area contributed by atoms with E-state index in [4.69, 9.17) is 4.74 Å². The summed E-state index contributed by atoms with van der Waals surface area (Å²) in [5.74, 6) is -0.760. The molecule has 4 rings (SSSR count). The third-order valence-electron chi connectivity index (χ3n) is 7.71. The van der Waals surface area contributed by atoms with Gasteiger partial charge >= 0.3 is 0 Å². The van der Waals surface area contributed by atoms with E-state index in [0.29, 0.717) is 23.6 Å². The number of halogens is 1. The molecule has 0 aromatic heterocycles. The molecule has 3 aromatic rings. The van der Waals surface area contributed by atoms with Crippen LogP contribution in [-0.4, -0.2) is 50.4 Å². The highest BCUT2D eigenvalue weighted by atomic mass is 32.2. The second kappa shape index (κ2) is 14.5. The lowest BCUT2D eigenvalue weighted by molar-refractivity contribution is -0.139. The number of amides is 2. The molecule has 8 nitrogen and oxygen atoms in total. The van der Waals surface area contributed by atoms with Crippen LogP contribution in [0.2, 0.25) is 0 Å². The third-order valence-corrected chi connectivity index (χ3v) is 9.50. The molecule has 0 bridgehead atoms. The number of carbonyl (C=O) groups is 2. The van der Waals surface area contributed by atoms with Crippen molar-refractivity contribution >= 4 is 27.5 Å². The van der Waals surface area contributed by atoms with Crippen LogP contribution >= 0.6 is 0 Å². The van der Waals surface area contributed by atoms with Crippen LogP contribution in [0.1, 0.15) is 57.1 Å². The summed E-state index contributed by atoms with van der Waals surface area (Å²) in [5.41, 5.74) is 1.86. The fourth-order valence-electron chi connectivity index (χ4n) is 5.18. The minimum Gasteiger partial charge on any atom is -0.494 e. The molecule has 0 spiro atoms. The highest BCUT2D eigenvalue weighted by Gasteiger charge is 2.33. The molecule has 1 unspecified atom stereocenters. The fraction of sp³-hybridized carbons (Fsp3) is 0.394. The van der Waals surface area contributed by atoms with Crippen molar-refractivity contribution in [3.63, 3.8) is 0 Å². The van der Waals surface area contributed by atoms with Gasteiger partial charge in [0, 0.05) is 12.6 Å². The lowest BCUT2D eigenvalue weighted by atomic mass is 9.95. The molecule has 1 fully saturated rings. The Morgan fingerprint density at radius 1 is 0.953 bits per heavy atom. The Balaban J connectivity index is 1.66. The van der Waals surface area contributed by atoms with Gasteiger partial charge in [-0.1, -0.05) is 49.1 Å². The van der Waals surface area contributed by atoms with Gasteiger partial charge < -0.3 is 15.0 Å². The third kappa shape index (κ3) is 8.34. The molecule has 0 heterocycles. The maximum absolute atomic E-state index is 14.1. The summed E-state index contributed by atoms with van der Waals surface area (Å²) in [5, 5.41) is 3.08. The maximum Gasteiger partial charge on any atom is 0.264 e. The summed E-state index contributed by atoms with van der Waals surface area (Å²) in [7, 11) is -4.19. The number of anilines is 1. The van der Waals surface area contributed by atoms with Gasteiger partial charge in [-0.2, -0.15) is 0 Å². The Morgan fingerprint density at radius 2 is 1.58 bits per heavy atom. The first-order valence-corrected chi connectivity index (χ1v) is 16.2. The Bertz CT molecular complexity index is 1470. The molecule has 1 aliphatic rings. The summed E-state index contributed by atoms with van der Waals surface area (Å²) in [4.78, 5) is 28.8. The molecular formula is C33H40FN3O5S. The summed E-state index contributed by atoms with van der Waals surface area (Å²) >= 11 is 0. The van der Waals surface area contributed by atoms with Gasteiger partial charge in [-0.3, -0.25) is 13.9 Å². The summed E-state index contributed by atoms with van der Waals surface area (Å²) < 4.78 is 48.2. The van der Waals surface area contributed by atoms with Crippen LogP contribution in [-0.2, 0) is 26.2 Å². The van der Waals surface area contributed by atoms with Crippen molar-refractivity contribution in [2.24, 2.45) is 0 Å². The zero-order valence-electron chi connectivity index (χ0n) is 25.0. The zero-order valence-corrected chi connectivity index (χ0v) is 25.8. The highest BCUT2D eigenvalue weighted by molar-refractivity contribution is 7.92. The van der Waals surface area contributed by atoms with E-state index in [1.165, 1.54) is 29.2 Å². The van der Waals surface area contributed by atoms with Crippen LogP contribution in [0.4, 0.5) is 10.1 Å². The van der Waals surface area contributed by atoms with E-state index in [0.717, 1.165) is 42.0 Å². The molecule has 0 saturated heterocycles. The normalized spacial score (nSPS) is 14.5. The summed E-state index contributed by atoms with van der Waals surface area (Å²) in [6.07, 6.45) is 4.96. The molecule has 0 aliphatic heterocycles. The molecule has 43 heavy (non-hydrogen) atoms. The van der Waals surface area contributed by atoms with E-state index < -0.39 is 34.3 Å². The molecule has 1 N–H and O–H groups in total. The Labute approximate surface area is 253 Å². The van der Waals surface area contributed by atoms with Crippen LogP contribution < -0.4 is 14.4 Å². The molecule has 1 saturated carbocycles. The van der Waals surface area contributed by atoms with E-state index in [1.54, 1.807) is 55.5 Å². The molecule has 3 aromatic carbocycles. The monoisotopic (exact) mass is 609 g/mol. The number of nitrogens with one attached hydrogen (secondary N) is 1. The van der Waals surface area contributed by atoms with Gasteiger partial charge in [0.25, 0.3) is 10.0 Å². The van der Waals surface area contributed by atoms with Crippen LogP contribution in [0.3, 0.4) is 0 Å². The molecule has 2 amide bonds. The molecule has 1 atom stereocenters. The number of nitrogens with zero attached hydrogens (tertiary/aromatic N) is 2. The number of hydrogen-bond acceptors (Lipinski definition) is 5. The largest absolute Gasteiger partial charge is 0.494 e. The first-order valence-electron chi connectivity index (χ1n) is 14.7. The number of ether oxygens (including phenoxy) is 1. The molecule has 0 radical (unpaired) electrons. The topological polar surface area (TPSA) is 96.0 Å². The van der Waals surface area contributed by atoms with Gasteiger partial charge in [0.2, 0.25) is 11.8 Å². The second-order valence-corrected chi connectivity index (χ2v) is 12.8. The first-order chi connectivity index (χ1) is 20.6. The van der Waals surface area contributed by atoms with Gasteiger partial charge in [-0.25, -0.2) is 12.8 Å². The lowest BCUT2D eigenvalue weighted by Crippen LogP contribution is -2.53. The molecule has 1 aliphatic carbocycles. The van der Waals surface area contributed by atoms with Crippen molar-refractivity contribution in [2.45, 2.75) is 76.4 Å². The number of rotatable bonds is 12. The maximum atomic E-state index is 14.1. The summed E-state index contributed by atoms with van der Waals surface area (Å²) in [6.45, 7) is 5.26. The van der Waals surface area contributed by atoms with Crippen LogP contribution in [0, 0.1) is 12.7 Å². The smallest absolute Gasteiger partial charge is 0.264 e. The van der Waals surface area contributed by atoms with Crippen LogP contribution in [0.5, 0.6) is 5.75 Å².